The van der Waals surface area contributed by atoms with Crippen LogP contribution in [-0.4, -0.2) is 36.3 Å². The summed E-state index contributed by atoms with van der Waals surface area (Å²) in [4.78, 5) is 25.9. The Hall–Kier alpha value is -3.05. The Labute approximate surface area is 146 Å². The molecule has 0 spiro atoms. The first-order valence-electron chi connectivity index (χ1n) is 8.03. The summed E-state index contributed by atoms with van der Waals surface area (Å²) in [5.41, 5.74) is 6.38. The van der Waals surface area contributed by atoms with Crippen molar-refractivity contribution in [2.75, 3.05) is 24.6 Å². The lowest BCUT2D eigenvalue weighted by atomic mass is 9.99. The number of carbonyl (C=O) groups is 2. The second kappa shape index (κ2) is 8.70. The second-order valence-corrected chi connectivity index (χ2v) is 5.76. The van der Waals surface area contributed by atoms with Crippen molar-refractivity contribution in [1.82, 2.24) is 10.2 Å². The van der Waals surface area contributed by atoms with E-state index in [-0.39, 0.29) is 24.3 Å². The molecular weight excluding hydrogens is 320 g/mol. The van der Waals surface area contributed by atoms with E-state index < -0.39 is 0 Å². The van der Waals surface area contributed by atoms with Crippen LogP contribution in [0.1, 0.15) is 23.2 Å². The monoisotopic (exact) mass is 342 g/mol. The van der Waals surface area contributed by atoms with E-state index in [1.807, 2.05) is 0 Å². The van der Waals surface area contributed by atoms with Crippen LogP contribution in [0.4, 0.5) is 5.69 Å². The molecule has 2 rings (SSSR count). The molecule has 0 radical (unpaired) electrons. The minimum atomic E-state index is -0.329. The topological polar surface area (TPSA) is 128 Å². The predicted molar refractivity (Wildman–Crippen MR) is 93.7 cm³/mol. The van der Waals surface area contributed by atoms with E-state index in [1.165, 1.54) is 17.4 Å². The van der Waals surface area contributed by atoms with E-state index in [1.54, 1.807) is 29.2 Å². The Kier molecular flexibility index (Phi) is 6.37. The second-order valence-electron chi connectivity index (χ2n) is 5.76. The highest BCUT2D eigenvalue weighted by atomic mass is 16.2. The third kappa shape index (κ3) is 4.96. The molecule has 25 heavy (non-hydrogen) atoms. The molecule has 5 N–H and O–H groups in total. The molecule has 1 aromatic rings. The number of nitrogens with two attached hydrogens (primary N) is 2. The number of anilines is 1. The lowest BCUT2D eigenvalue weighted by Gasteiger charge is -2.29. The van der Waals surface area contributed by atoms with Gasteiger partial charge >= 0.3 is 0 Å². The van der Waals surface area contributed by atoms with Crippen LogP contribution < -0.4 is 21.9 Å². The molecule has 1 saturated heterocycles. The minimum Gasteiger partial charge on any atom is -0.403 e. The van der Waals surface area contributed by atoms with Crippen LogP contribution in [0.2, 0.25) is 0 Å². The fraction of sp³-hybridized carbons (Fsp3) is 0.353. The van der Waals surface area contributed by atoms with Gasteiger partial charge in [0.05, 0.1) is 18.3 Å². The highest BCUT2D eigenvalue weighted by Crippen LogP contribution is 2.16. The molecule has 8 nitrogen and oxygen atoms in total. The molecule has 0 unspecified atom stereocenters. The third-order valence-electron chi connectivity index (χ3n) is 4.10. The maximum absolute atomic E-state index is 12.1. The molecule has 0 atom stereocenters. The Morgan fingerprint density at radius 2 is 1.96 bits per heavy atom. The molecule has 0 saturated carbocycles. The van der Waals surface area contributed by atoms with Crippen molar-refractivity contribution in [3.8, 4) is 6.07 Å². The molecule has 1 heterocycles. The lowest BCUT2D eigenvalue weighted by Crippen LogP contribution is -2.44. The van der Waals surface area contributed by atoms with Gasteiger partial charge in [-0.1, -0.05) is 0 Å². The number of hydrazine groups is 1. The summed E-state index contributed by atoms with van der Waals surface area (Å²) in [6.07, 6.45) is 4.17. The number of likely N-dealkylation sites (tertiary alicyclic amines) is 1. The summed E-state index contributed by atoms with van der Waals surface area (Å²) in [6, 6.07) is 8.84. The summed E-state index contributed by atoms with van der Waals surface area (Å²) in [6.45, 7) is 1.06. The standard InChI is InChI=1S/C17H22N6O2/c18-7-10-23(20)15-3-1-14(2-4-15)17(25)21-12-16(24)22-8-5-13(11-19)6-9-22/h1-4,7,10,13H,5-6,8-9,12,18,20H2,(H,21,25)/b10-7-. The van der Waals surface area contributed by atoms with Gasteiger partial charge in [-0.15, -0.1) is 0 Å². The van der Waals surface area contributed by atoms with Gasteiger partial charge < -0.3 is 16.0 Å². The summed E-state index contributed by atoms with van der Waals surface area (Å²) < 4.78 is 0. The van der Waals surface area contributed by atoms with E-state index in [4.69, 9.17) is 16.8 Å². The predicted octanol–water partition coefficient (Wildman–Crippen LogP) is 0.289. The van der Waals surface area contributed by atoms with E-state index in [0.29, 0.717) is 37.2 Å². The molecule has 2 amide bonds. The van der Waals surface area contributed by atoms with Crippen LogP contribution in [-0.2, 0) is 4.79 Å². The van der Waals surface area contributed by atoms with Crippen LogP contribution in [0.25, 0.3) is 0 Å². The average Bonchev–Trinajstić information content (AvgIpc) is 2.66. The Bertz CT molecular complexity index is 671. The smallest absolute Gasteiger partial charge is 0.251 e. The van der Waals surface area contributed by atoms with Gasteiger partial charge in [0.25, 0.3) is 5.91 Å². The molecule has 0 aliphatic carbocycles. The highest BCUT2D eigenvalue weighted by Gasteiger charge is 2.22. The maximum atomic E-state index is 12.1. The van der Waals surface area contributed by atoms with Crippen LogP contribution in [0.15, 0.2) is 36.7 Å². The van der Waals surface area contributed by atoms with E-state index in [2.05, 4.69) is 11.4 Å². The molecule has 8 heteroatoms. The van der Waals surface area contributed by atoms with Gasteiger partial charge in [-0.25, -0.2) is 5.84 Å². The largest absolute Gasteiger partial charge is 0.403 e. The van der Waals surface area contributed by atoms with Gasteiger partial charge in [-0.3, -0.25) is 14.6 Å². The number of nitriles is 1. The normalized spacial score (nSPS) is 15.0. The molecule has 0 bridgehead atoms. The first-order valence-corrected chi connectivity index (χ1v) is 8.03. The fourth-order valence-corrected chi connectivity index (χ4v) is 2.59. The summed E-state index contributed by atoms with van der Waals surface area (Å²) in [5, 5.41) is 12.8. The quantitative estimate of drug-likeness (QED) is 0.521. The van der Waals surface area contributed by atoms with Crippen molar-refractivity contribution >= 4 is 17.5 Å². The van der Waals surface area contributed by atoms with Gasteiger partial charge in [-0.05, 0) is 37.1 Å². The van der Waals surface area contributed by atoms with Crippen molar-refractivity contribution in [3.63, 3.8) is 0 Å². The minimum absolute atomic E-state index is 0.0217. The number of rotatable bonds is 5. The number of benzene rings is 1. The zero-order valence-electron chi connectivity index (χ0n) is 13.9. The van der Waals surface area contributed by atoms with E-state index in [0.717, 1.165) is 0 Å². The summed E-state index contributed by atoms with van der Waals surface area (Å²) in [7, 11) is 0. The number of amides is 2. The van der Waals surface area contributed by atoms with Gasteiger partial charge in [0.1, 0.15) is 0 Å². The van der Waals surface area contributed by atoms with Crippen LogP contribution in [0.3, 0.4) is 0 Å². The number of nitrogens with one attached hydrogen (secondary N) is 1. The van der Waals surface area contributed by atoms with E-state index >= 15 is 0 Å². The van der Waals surface area contributed by atoms with Gasteiger partial charge in [0, 0.05) is 37.0 Å². The Morgan fingerprint density at radius 3 is 2.52 bits per heavy atom. The number of nitrogens with zero attached hydrogens (tertiary/aromatic N) is 3. The zero-order valence-corrected chi connectivity index (χ0v) is 13.9. The fourth-order valence-electron chi connectivity index (χ4n) is 2.59. The Balaban J connectivity index is 1.84. The number of carbonyl (C=O) groups excluding carboxylic acids is 2. The van der Waals surface area contributed by atoms with Crippen molar-refractivity contribution in [2.45, 2.75) is 12.8 Å². The van der Waals surface area contributed by atoms with Crippen LogP contribution >= 0.6 is 0 Å². The SMILES string of the molecule is N#CC1CCN(C(=O)CNC(=O)c2ccc(N(N)/C=C\N)cc2)CC1. The number of hydrogen-bond acceptors (Lipinski definition) is 6. The van der Waals surface area contributed by atoms with Gasteiger partial charge in [0.2, 0.25) is 5.91 Å². The molecule has 1 aliphatic heterocycles. The van der Waals surface area contributed by atoms with E-state index in [9.17, 15) is 9.59 Å². The molecule has 1 aromatic carbocycles. The lowest BCUT2D eigenvalue weighted by molar-refractivity contribution is -0.131. The molecular formula is C17H22N6O2. The van der Waals surface area contributed by atoms with Crippen molar-refractivity contribution in [3.05, 3.63) is 42.2 Å². The van der Waals surface area contributed by atoms with Crippen molar-refractivity contribution < 1.29 is 9.59 Å². The molecule has 1 aliphatic rings. The van der Waals surface area contributed by atoms with Crippen LogP contribution in [0, 0.1) is 17.2 Å². The average molecular weight is 342 g/mol. The molecule has 0 aromatic heterocycles. The number of piperidine rings is 1. The summed E-state index contributed by atoms with van der Waals surface area (Å²) in [5.74, 6) is 5.28. The van der Waals surface area contributed by atoms with Crippen molar-refractivity contribution in [1.29, 1.82) is 5.26 Å². The third-order valence-corrected chi connectivity index (χ3v) is 4.10. The number of hydrogen-bond donors (Lipinski definition) is 3. The van der Waals surface area contributed by atoms with Gasteiger partial charge in [-0.2, -0.15) is 5.26 Å². The molecule has 132 valence electrons. The Morgan fingerprint density at radius 1 is 1.32 bits per heavy atom. The zero-order chi connectivity index (χ0) is 18.2. The van der Waals surface area contributed by atoms with Gasteiger partial charge in [0.15, 0.2) is 0 Å². The van der Waals surface area contributed by atoms with Crippen molar-refractivity contribution in [2.24, 2.45) is 17.5 Å². The summed E-state index contributed by atoms with van der Waals surface area (Å²) >= 11 is 0. The first-order chi connectivity index (χ1) is 12.0. The molecule has 1 fully saturated rings. The van der Waals surface area contributed by atoms with Crippen LogP contribution in [0.5, 0.6) is 0 Å². The first kappa shape index (κ1) is 18.3. The highest BCUT2D eigenvalue weighted by molar-refractivity contribution is 5.96. The maximum Gasteiger partial charge on any atom is 0.251 e.